The second-order valence-corrected chi connectivity index (χ2v) is 6.78. The van der Waals surface area contributed by atoms with Crippen LogP contribution in [0.25, 0.3) is 0 Å². The topological polar surface area (TPSA) is 38.2 Å². The van der Waals surface area contributed by atoms with Crippen molar-refractivity contribution in [3.8, 4) is 0 Å². The highest BCUT2D eigenvalue weighted by atomic mass is 19.4. The molecule has 1 fully saturated rings. The third kappa shape index (κ3) is 5.05. The van der Waals surface area contributed by atoms with E-state index in [2.05, 4.69) is 0 Å². The maximum Gasteiger partial charge on any atom is 0.416 e. The van der Waals surface area contributed by atoms with Gasteiger partial charge in [0.05, 0.1) is 11.1 Å². The first-order valence-corrected chi connectivity index (χ1v) is 8.70. The molecule has 1 saturated heterocycles. The molecule has 154 valence electrons. The molecule has 8 heteroatoms. The minimum absolute atomic E-state index is 0. The molecule has 3 rings (SSSR count). The average Bonchev–Trinajstić information content (AvgIpc) is 3.01. The predicted molar refractivity (Wildman–Crippen MR) is 95.0 cm³/mol. The fraction of sp³-hybridized carbons (Fsp3) is 0.400. The van der Waals surface area contributed by atoms with Gasteiger partial charge < -0.3 is 6.15 Å². The minimum Gasteiger partial charge on any atom is -0.344 e. The van der Waals surface area contributed by atoms with Crippen molar-refractivity contribution in [3.63, 3.8) is 0 Å². The molecule has 3 N–H and O–H groups in total. The molecule has 0 aromatic heterocycles. The van der Waals surface area contributed by atoms with Crippen LogP contribution in [0.3, 0.4) is 0 Å². The van der Waals surface area contributed by atoms with Crippen molar-refractivity contribution in [3.05, 3.63) is 70.8 Å². The van der Waals surface area contributed by atoms with Gasteiger partial charge in [-0.1, -0.05) is 36.4 Å². The molecule has 2 nitrogen and oxygen atoms in total. The Morgan fingerprint density at radius 1 is 0.786 bits per heavy atom. The van der Waals surface area contributed by atoms with Crippen LogP contribution >= 0.6 is 0 Å². The monoisotopic (exact) mass is 404 g/mol. The number of hydrogen-bond acceptors (Lipinski definition) is 2. The van der Waals surface area contributed by atoms with Gasteiger partial charge in [0.1, 0.15) is 0 Å². The van der Waals surface area contributed by atoms with Crippen LogP contribution in [0.2, 0.25) is 0 Å². The van der Waals surface area contributed by atoms with E-state index in [4.69, 9.17) is 0 Å². The lowest BCUT2D eigenvalue weighted by molar-refractivity contribution is -0.139. The van der Waals surface area contributed by atoms with Gasteiger partial charge in [-0.3, -0.25) is 4.90 Å². The van der Waals surface area contributed by atoms with Gasteiger partial charge in [0, 0.05) is 12.6 Å². The lowest BCUT2D eigenvalue weighted by atomic mass is 9.98. The first kappa shape index (κ1) is 22.2. The van der Waals surface area contributed by atoms with E-state index < -0.39 is 23.5 Å². The maximum absolute atomic E-state index is 13.2. The van der Waals surface area contributed by atoms with Crippen molar-refractivity contribution in [2.75, 3.05) is 6.54 Å². The fourth-order valence-corrected chi connectivity index (χ4v) is 3.72. The molecular formula is C20H22F6N2. The van der Waals surface area contributed by atoms with Crippen molar-refractivity contribution in [1.82, 2.24) is 11.1 Å². The molecule has 1 aliphatic rings. The zero-order valence-corrected chi connectivity index (χ0v) is 15.2. The zero-order chi connectivity index (χ0) is 19.7. The van der Waals surface area contributed by atoms with Gasteiger partial charge in [-0.05, 0) is 49.1 Å². The van der Waals surface area contributed by atoms with Crippen molar-refractivity contribution in [2.24, 2.45) is 0 Å². The average molecular weight is 404 g/mol. The van der Waals surface area contributed by atoms with Gasteiger partial charge in [-0.25, -0.2) is 0 Å². The summed E-state index contributed by atoms with van der Waals surface area (Å²) >= 11 is 0. The number of nitrogens with zero attached hydrogens (tertiary/aromatic N) is 1. The third-order valence-corrected chi connectivity index (χ3v) is 4.97. The van der Waals surface area contributed by atoms with Gasteiger partial charge in [-0.2, -0.15) is 26.3 Å². The number of benzene rings is 2. The van der Waals surface area contributed by atoms with Crippen LogP contribution < -0.4 is 6.15 Å². The summed E-state index contributed by atoms with van der Waals surface area (Å²) in [5.74, 6) is 0. The first-order chi connectivity index (χ1) is 12.7. The normalized spacial score (nSPS) is 18.1. The maximum atomic E-state index is 13.2. The van der Waals surface area contributed by atoms with E-state index in [9.17, 15) is 26.3 Å². The van der Waals surface area contributed by atoms with Gasteiger partial charge in [0.15, 0.2) is 0 Å². The van der Waals surface area contributed by atoms with Gasteiger partial charge in [0.2, 0.25) is 0 Å². The number of rotatable bonds is 4. The summed E-state index contributed by atoms with van der Waals surface area (Å²) in [6.45, 7) is 0.652. The van der Waals surface area contributed by atoms with Crippen LogP contribution in [0, 0.1) is 0 Å². The smallest absolute Gasteiger partial charge is 0.344 e. The highest BCUT2D eigenvalue weighted by Gasteiger charge is 2.36. The molecule has 0 amide bonds. The largest absolute Gasteiger partial charge is 0.416 e. The van der Waals surface area contributed by atoms with Gasteiger partial charge in [-0.15, -0.1) is 0 Å². The van der Waals surface area contributed by atoms with Gasteiger partial charge in [0.25, 0.3) is 0 Å². The number of halogens is 6. The highest BCUT2D eigenvalue weighted by molar-refractivity contribution is 5.32. The first-order valence-electron chi connectivity index (χ1n) is 8.70. The van der Waals surface area contributed by atoms with Crippen LogP contribution in [0.5, 0.6) is 0 Å². The van der Waals surface area contributed by atoms with E-state index >= 15 is 0 Å². The SMILES string of the molecule is FC(F)(F)c1ccccc1CC1CCCN1Cc1ccccc1C(F)(F)F.N. The van der Waals surface area contributed by atoms with Crippen LogP contribution in [0.1, 0.15) is 35.1 Å². The Kier molecular flexibility index (Phi) is 6.77. The Morgan fingerprint density at radius 3 is 1.86 bits per heavy atom. The fourth-order valence-electron chi connectivity index (χ4n) is 3.72. The van der Waals surface area contributed by atoms with E-state index in [1.807, 2.05) is 4.90 Å². The molecule has 0 saturated carbocycles. The summed E-state index contributed by atoms with van der Waals surface area (Å²) in [4.78, 5) is 1.86. The Hall–Kier alpha value is -2.06. The molecule has 1 unspecified atom stereocenters. The lowest BCUT2D eigenvalue weighted by Crippen LogP contribution is -2.32. The second kappa shape index (κ2) is 8.53. The van der Waals surface area contributed by atoms with Crippen molar-refractivity contribution >= 4 is 0 Å². The molecular weight excluding hydrogens is 382 g/mol. The third-order valence-electron chi connectivity index (χ3n) is 4.97. The van der Waals surface area contributed by atoms with Crippen LogP contribution in [0.4, 0.5) is 26.3 Å². The predicted octanol–water partition coefficient (Wildman–Crippen LogP) is 6.09. The molecule has 28 heavy (non-hydrogen) atoms. The summed E-state index contributed by atoms with van der Waals surface area (Å²) < 4.78 is 79.3. The standard InChI is InChI=1S/C20H19F6N.H3N/c21-19(22,23)17-9-3-1-6-14(17)12-16-8-5-11-27(16)13-15-7-2-4-10-18(15)20(24,25)26;/h1-4,6-7,9-10,16H,5,8,11-13H2;1H3. The molecule has 1 aliphatic heterocycles. The Labute approximate surface area is 159 Å². The summed E-state index contributed by atoms with van der Waals surface area (Å²) in [6.07, 6.45) is -7.30. The Morgan fingerprint density at radius 2 is 1.29 bits per heavy atom. The summed E-state index contributed by atoms with van der Waals surface area (Å²) in [5, 5.41) is 0. The van der Waals surface area contributed by atoms with E-state index in [-0.39, 0.29) is 36.3 Å². The van der Waals surface area contributed by atoms with Crippen LogP contribution in [0.15, 0.2) is 48.5 Å². The molecule has 0 radical (unpaired) electrons. The molecule has 1 atom stereocenters. The number of alkyl halides is 6. The molecule has 1 heterocycles. The van der Waals surface area contributed by atoms with E-state index in [1.165, 1.54) is 24.3 Å². The Balaban J connectivity index is 0.00000280. The summed E-state index contributed by atoms with van der Waals surface area (Å²) in [6, 6.07) is 10.6. The van der Waals surface area contributed by atoms with Crippen LogP contribution in [-0.2, 0) is 25.3 Å². The van der Waals surface area contributed by atoms with Crippen molar-refractivity contribution < 1.29 is 26.3 Å². The van der Waals surface area contributed by atoms with Crippen LogP contribution in [-0.4, -0.2) is 17.5 Å². The van der Waals surface area contributed by atoms with E-state index in [0.717, 1.165) is 18.6 Å². The quantitative estimate of drug-likeness (QED) is 0.626. The molecule has 0 spiro atoms. The summed E-state index contributed by atoms with van der Waals surface area (Å²) in [7, 11) is 0. The van der Waals surface area contributed by atoms with Gasteiger partial charge >= 0.3 is 12.4 Å². The highest BCUT2D eigenvalue weighted by Crippen LogP contribution is 2.36. The second-order valence-electron chi connectivity index (χ2n) is 6.78. The number of hydrogen-bond donors (Lipinski definition) is 1. The van der Waals surface area contributed by atoms with E-state index in [1.54, 1.807) is 12.1 Å². The van der Waals surface area contributed by atoms with Crippen molar-refractivity contribution in [1.29, 1.82) is 0 Å². The molecule has 2 aromatic rings. The van der Waals surface area contributed by atoms with Crippen molar-refractivity contribution in [2.45, 2.75) is 44.2 Å². The minimum atomic E-state index is -4.45. The van der Waals surface area contributed by atoms with E-state index in [0.29, 0.717) is 13.0 Å². The number of likely N-dealkylation sites (tertiary alicyclic amines) is 1. The lowest BCUT2D eigenvalue weighted by Gasteiger charge is -2.27. The molecule has 0 bridgehead atoms. The molecule has 2 aromatic carbocycles. The Bertz CT molecular complexity index is 719. The molecule has 0 aliphatic carbocycles. The zero-order valence-electron chi connectivity index (χ0n) is 15.2. The summed E-state index contributed by atoms with van der Waals surface area (Å²) in [5.41, 5.74) is -1.02.